The third-order valence-corrected chi connectivity index (χ3v) is 5.84. The van der Waals surface area contributed by atoms with Crippen LogP contribution in [0.15, 0.2) is 24.5 Å². The number of fused-ring (bicyclic) bond motifs is 1. The van der Waals surface area contributed by atoms with Gasteiger partial charge in [-0.15, -0.1) is 0 Å². The van der Waals surface area contributed by atoms with Gasteiger partial charge in [0.05, 0.1) is 5.56 Å². The Bertz CT molecular complexity index is 1040. The van der Waals surface area contributed by atoms with Crippen molar-refractivity contribution in [1.29, 1.82) is 0 Å². The maximum atomic E-state index is 13.2. The summed E-state index contributed by atoms with van der Waals surface area (Å²) in [6.07, 6.45) is 2.31. The predicted molar refractivity (Wildman–Crippen MR) is 128 cm³/mol. The molecule has 0 spiro atoms. The number of carboxylic acids is 1. The highest BCUT2D eigenvalue weighted by molar-refractivity contribution is 5.99. The average Bonchev–Trinajstić information content (AvgIpc) is 3.30. The van der Waals surface area contributed by atoms with Gasteiger partial charge in [0.2, 0.25) is 5.95 Å². The van der Waals surface area contributed by atoms with Crippen LogP contribution in [0.1, 0.15) is 48.3 Å². The Kier molecular flexibility index (Phi) is 9.05. The summed E-state index contributed by atoms with van der Waals surface area (Å²) in [5, 5.41) is 10.6. The van der Waals surface area contributed by atoms with Crippen molar-refractivity contribution in [2.24, 2.45) is 5.92 Å². The third kappa shape index (κ3) is 7.28. The highest BCUT2D eigenvalue weighted by Gasteiger charge is 2.38. The van der Waals surface area contributed by atoms with Gasteiger partial charge in [-0.05, 0) is 42.9 Å². The fraction of sp³-hybridized carbons (Fsp3) is 0.542. The Morgan fingerprint density at radius 1 is 1.08 bits per heavy atom. The fourth-order valence-electron chi connectivity index (χ4n) is 3.98. The van der Waals surface area contributed by atoms with E-state index in [0.29, 0.717) is 5.92 Å². The van der Waals surface area contributed by atoms with Crippen molar-refractivity contribution in [1.82, 2.24) is 19.9 Å². The van der Waals surface area contributed by atoms with Crippen molar-refractivity contribution in [2.45, 2.75) is 45.7 Å². The number of rotatable bonds is 5. The molecule has 36 heavy (non-hydrogen) atoms. The zero-order valence-corrected chi connectivity index (χ0v) is 20.4. The largest absolute Gasteiger partial charge is 0.490 e. The van der Waals surface area contributed by atoms with Crippen LogP contribution in [0.3, 0.4) is 0 Å². The van der Waals surface area contributed by atoms with Crippen molar-refractivity contribution < 1.29 is 27.9 Å². The molecule has 2 N–H and O–H groups in total. The molecule has 0 atom stereocenters. The molecular weight excluding hydrogens is 477 g/mol. The lowest BCUT2D eigenvalue weighted by Gasteiger charge is -2.20. The molecule has 4 rings (SSSR count). The molecule has 2 aliphatic rings. The number of carbonyl (C=O) groups excluding carboxylic acids is 1. The molecule has 0 saturated carbocycles. The Morgan fingerprint density at radius 2 is 1.69 bits per heavy atom. The number of carbonyl (C=O) groups is 2. The number of nitrogens with zero attached hydrogens (tertiary/aromatic N) is 5. The first-order chi connectivity index (χ1) is 17.1. The van der Waals surface area contributed by atoms with Gasteiger partial charge in [-0.3, -0.25) is 4.79 Å². The minimum Gasteiger partial charge on any atom is -0.475 e. The average molecular weight is 509 g/mol. The van der Waals surface area contributed by atoms with Gasteiger partial charge in [0.1, 0.15) is 5.82 Å². The Labute approximate surface area is 207 Å². The van der Waals surface area contributed by atoms with E-state index in [9.17, 15) is 18.0 Å². The van der Waals surface area contributed by atoms with Crippen molar-refractivity contribution in [3.63, 3.8) is 0 Å². The lowest BCUT2D eigenvalue weighted by molar-refractivity contribution is -0.192. The number of amides is 1. The van der Waals surface area contributed by atoms with Crippen LogP contribution in [0.4, 0.5) is 24.9 Å². The number of carboxylic acid groups (broad SMARTS) is 1. The molecule has 0 radical (unpaired) electrons. The maximum absolute atomic E-state index is 13.2. The van der Waals surface area contributed by atoms with Gasteiger partial charge in [0.25, 0.3) is 5.91 Å². The van der Waals surface area contributed by atoms with E-state index in [2.05, 4.69) is 40.1 Å². The normalized spacial score (nSPS) is 15.6. The summed E-state index contributed by atoms with van der Waals surface area (Å²) in [5.41, 5.74) is 2.96. The first kappa shape index (κ1) is 27.2. The number of alkyl halides is 3. The number of hydrogen-bond acceptors (Lipinski definition) is 7. The summed E-state index contributed by atoms with van der Waals surface area (Å²) in [6.45, 7) is 8.47. The summed E-state index contributed by atoms with van der Waals surface area (Å²) in [5.74, 6) is -0.675. The highest BCUT2D eigenvalue weighted by Crippen LogP contribution is 2.25. The fourth-order valence-corrected chi connectivity index (χ4v) is 3.98. The molecule has 2 aromatic heterocycles. The van der Waals surface area contributed by atoms with Gasteiger partial charge in [-0.2, -0.15) is 13.2 Å². The number of pyridine rings is 1. The van der Waals surface area contributed by atoms with Crippen LogP contribution in [-0.4, -0.2) is 75.7 Å². The van der Waals surface area contributed by atoms with Gasteiger partial charge in [0.15, 0.2) is 0 Å². The van der Waals surface area contributed by atoms with Crippen LogP contribution in [0, 0.1) is 5.92 Å². The van der Waals surface area contributed by atoms with E-state index in [1.165, 1.54) is 5.56 Å². The SMILES string of the molecule is CC(C)CNc1nc2c(cc1C(=O)N1CCCC1)CCN(c1ncccn1)CC2.O=C(O)C(F)(F)F. The number of aliphatic carboxylic acids is 1. The second-order valence-electron chi connectivity index (χ2n) is 9.10. The van der Waals surface area contributed by atoms with E-state index in [4.69, 9.17) is 14.9 Å². The molecule has 0 unspecified atom stereocenters. The van der Waals surface area contributed by atoms with E-state index in [0.717, 1.165) is 81.4 Å². The third-order valence-electron chi connectivity index (χ3n) is 5.84. The molecule has 0 bridgehead atoms. The van der Waals surface area contributed by atoms with E-state index < -0.39 is 12.1 Å². The van der Waals surface area contributed by atoms with Gasteiger partial charge in [-0.25, -0.2) is 19.7 Å². The standard InChI is InChI=1S/C22H30N6O.C2HF3O2/c1-16(2)15-25-20-18(21(29)27-10-3-4-11-27)14-17-6-12-28(13-7-19(17)26-20)22-23-8-5-9-24-22;3-2(4,5)1(6)7/h5,8-9,14,16H,3-4,6-7,10-13,15H2,1-2H3,(H,25,26);(H,6,7). The number of anilines is 2. The molecule has 196 valence electrons. The zero-order valence-electron chi connectivity index (χ0n) is 20.4. The monoisotopic (exact) mass is 508 g/mol. The zero-order chi connectivity index (χ0) is 26.3. The minimum atomic E-state index is -5.08. The Morgan fingerprint density at radius 3 is 2.28 bits per heavy atom. The predicted octanol–water partition coefficient (Wildman–Crippen LogP) is 3.41. The molecule has 1 fully saturated rings. The molecular formula is C24H31F3N6O3. The Hall–Kier alpha value is -3.44. The van der Waals surface area contributed by atoms with E-state index in [1.807, 2.05) is 11.0 Å². The van der Waals surface area contributed by atoms with Crippen molar-refractivity contribution in [3.05, 3.63) is 41.3 Å². The number of hydrogen-bond donors (Lipinski definition) is 2. The molecule has 9 nitrogen and oxygen atoms in total. The van der Waals surface area contributed by atoms with Crippen LogP contribution in [0.5, 0.6) is 0 Å². The molecule has 4 heterocycles. The number of halogens is 3. The van der Waals surface area contributed by atoms with Crippen LogP contribution in [0.2, 0.25) is 0 Å². The van der Waals surface area contributed by atoms with Gasteiger partial charge < -0.3 is 20.2 Å². The van der Waals surface area contributed by atoms with Crippen LogP contribution in [-0.2, 0) is 17.6 Å². The van der Waals surface area contributed by atoms with E-state index in [1.54, 1.807) is 12.4 Å². The smallest absolute Gasteiger partial charge is 0.475 e. The molecule has 1 amide bonds. The van der Waals surface area contributed by atoms with E-state index >= 15 is 0 Å². The van der Waals surface area contributed by atoms with Crippen molar-refractivity contribution in [3.8, 4) is 0 Å². The lowest BCUT2D eigenvalue weighted by atomic mass is 10.0. The number of likely N-dealkylation sites (tertiary alicyclic amines) is 1. The quantitative estimate of drug-likeness (QED) is 0.632. The Balaban J connectivity index is 0.000000454. The van der Waals surface area contributed by atoms with Gasteiger partial charge in [-0.1, -0.05) is 13.8 Å². The van der Waals surface area contributed by atoms with Crippen molar-refractivity contribution >= 4 is 23.6 Å². The molecule has 12 heteroatoms. The second-order valence-corrected chi connectivity index (χ2v) is 9.10. The topological polar surface area (TPSA) is 112 Å². The summed E-state index contributed by atoms with van der Waals surface area (Å²) < 4.78 is 31.7. The summed E-state index contributed by atoms with van der Waals surface area (Å²) in [6, 6.07) is 3.92. The summed E-state index contributed by atoms with van der Waals surface area (Å²) in [7, 11) is 0. The molecule has 2 aliphatic heterocycles. The summed E-state index contributed by atoms with van der Waals surface area (Å²) in [4.78, 5) is 40.0. The lowest BCUT2D eigenvalue weighted by Crippen LogP contribution is -2.29. The second kappa shape index (κ2) is 12.0. The highest BCUT2D eigenvalue weighted by atomic mass is 19.4. The van der Waals surface area contributed by atoms with E-state index in [-0.39, 0.29) is 5.91 Å². The summed E-state index contributed by atoms with van der Waals surface area (Å²) >= 11 is 0. The first-order valence-electron chi connectivity index (χ1n) is 11.9. The first-order valence-corrected chi connectivity index (χ1v) is 11.9. The molecule has 2 aromatic rings. The molecule has 0 aliphatic carbocycles. The van der Waals surface area contributed by atoms with Crippen LogP contribution < -0.4 is 10.2 Å². The molecule has 0 aromatic carbocycles. The van der Waals surface area contributed by atoms with Crippen LogP contribution in [0.25, 0.3) is 0 Å². The minimum absolute atomic E-state index is 0.108. The van der Waals surface area contributed by atoms with Crippen LogP contribution >= 0.6 is 0 Å². The molecule has 1 saturated heterocycles. The number of nitrogens with one attached hydrogen (secondary N) is 1. The van der Waals surface area contributed by atoms with Gasteiger partial charge in [0, 0.05) is 57.2 Å². The maximum Gasteiger partial charge on any atom is 0.490 e. The van der Waals surface area contributed by atoms with Gasteiger partial charge >= 0.3 is 12.1 Å². The number of aromatic nitrogens is 3. The van der Waals surface area contributed by atoms with Crippen molar-refractivity contribution in [2.75, 3.05) is 42.9 Å².